The van der Waals surface area contributed by atoms with Gasteiger partial charge in [0.25, 0.3) is 0 Å². The summed E-state index contributed by atoms with van der Waals surface area (Å²) in [5.74, 6) is 0.655. The molecule has 0 radical (unpaired) electrons. The summed E-state index contributed by atoms with van der Waals surface area (Å²) in [4.78, 5) is 17.9. The van der Waals surface area contributed by atoms with Crippen LogP contribution in [0.5, 0.6) is 0 Å². The summed E-state index contributed by atoms with van der Waals surface area (Å²) in [6.45, 7) is 1.49. The van der Waals surface area contributed by atoms with Gasteiger partial charge in [-0.2, -0.15) is 5.26 Å². The quantitative estimate of drug-likeness (QED) is 0.601. The van der Waals surface area contributed by atoms with Gasteiger partial charge in [0.15, 0.2) is 6.23 Å². The Morgan fingerprint density at radius 1 is 1.26 bits per heavy atom. The zero-order valence-electron chi connectivity index (χ0n) is 16.6. The second kappa shape index (κ2) is 7.76. The summed E-state index contributed by atoms with van der Waals surface area (Å²) in [6, 6.07) is 7.37. The maximum atomic E-state index is 13.4. The van der Waals surface area contributed by atoms with Gasteiger partial charge in [0.2, 0.25) is 0 Å². The van der Waals surface area contributed by atoms with Gasteiger partial charge in [-0.1, -0.05) is 6.07 Å². The van der Waals surface area contributed by atoms with Gasteiger partial charge >= 0.3 is 0 Å². The molecule has 3 aromatic rings. The monoisotopic (exact) mass is 437 g/mol. The molecule has 31 heavy (non-hydrogen) atoms. The summed E-state index contributed by atoms with van der Waals surface area (Å²) < 4.78 is 13.4. The van der Waals surface area contributed by atoms with E-state index < -0.39 is 12.4 Å². The topological polar surface area (TPSA) is 115 Å². The van der Waals surface area contributed by atoms with Crippen LogP contribution in [0.25, 0.3) is 10.7 Å². The molecule has 1 unspecified atom stereocenters. The van der Waals surface area contributed by atoms with Crippen molar-refractivity contribution in [2.45, 2.75) is 25.2 Å². The Morgan fingerprint density at radius 2 is 2.13 bits per heavy atom. The first-order valence-corrected chi connectivity index (χ1v) is 10.8. The number of aromatic nitrogens is 3. The summed E-state index contributed by atoms with van der Waals surface area (Å²) in [6.07, 6.45) is 2.67. The number of hydrogen-bond acceptors (Lipinski definition) is 9. The van der Waals surface area contributed by atoms with Crippen LogP contribution >= 0.6 is 11.3 Å². The normalized spacial score (nSPS) is 20.5. The standard InChI is InChI=1S/C21H20FN7OS/c22-12-4-6-28(11-12)18-10-25-16(9-26-18)20-27-15-5-7-29(21(30)19(15)31-20)17-3-1-2-14(24)13(17)8-23/h1-3,9-10,12,21,30H,4-7,11,24H2/t12-,21?/m0/s1. The Balaban J connectivity index is 1.41. The van der Waals surface area contributed by atoms with E-state index in [4.69, 9.17) is 5.73 Å². The third-order valence-electron chi connectivity index (χ3n) is 5.65. The highest BCUT2D eigenvalue weighted by Crippen LogP contribution is 2.40. The second-order valence-corrected chi connectivity index (χ2v) is 8.62. The van der Waals surface area contributed by atoms with Gasteiger partial charge in [-0.25, -0.2) is 19.3 Å². The molecule has 158 valence electrons. The van der Waals surface area contributed by atoms with Crippen molar-refractivity contribution >= 4 is 28.5 Å². The van der Waals surface area contributed by atoms with Crippen LogP contribution in [-0.4, -0.2) is 45.9 Å². The third kappa shape index (κ3) is 3.45. The predicted octanol–water partition coefficient (Wildman–Crippen LogP) is 2.66. The minimum atomic E-state index is -0.929. The number of nitrogen functional groups attached to an aromatic ring is 1. The molecule has 1 saturated heterocycles. The first-order valence-electron chi connectivity index (χ1n) is 9.99. The molecule has 1 aromatic carbocycles. The first kappa shape index (κ1) is 19.7. The molecule has 0 spiro atoms. The fraction of sp³-hybridized carbons (Fsp3) is 0.333. The smallest absolute Gasteiger partial charge is 0.164 e. The number of aliphatic hydroxyl groups is 1. The molecule has 5 rings (SSSR count). The van der Waals surface area contributed by atoms with E-state index >= 15 is 0 Å². The molecule has 2 aromatic heterocycles. The highest BCUT2D eigenvalue weighted by molar-refractivity contribution is 7.15. The molecule has 2 aliphatic heterocycles. The molecule has 0 aliphatic carbocycles. The maximum Gasteiger partial charge on any atom is 0.164 e. The molecule has 8 nitrogen and oxygen atoms in total. The lowest BCUT2D eigenvalue weighted by atomic mass is 10.1. The van der Waals surface area contributed by atoms with Crippen molar-refractivity contribution in [3.05, 3.63) is 46.7 Å². The van der Waals surface area contributed by atoms with Crippen molar-refractivity contribution in [2.75, 3.05) is 35.2 Å². The van der Waals surface area contributed by atoms with Crippen LogP contribution in [0.3, 0.4) is 0 Å². The van der Waals surface area contributed by atoms with Gasteiger partial charge in [-0.3, -0.25) is 0 Å². The number of anilines is 3. The van der Waals surface area contributed by atoms with Crippen LogP contribution in [-0.2, 0) is 6.42 Å². The number of nitrogens with two attached hydrogens (primary N) is 1. The van der Waals surface area contributed by atoms with Gasteiger partial charge in [0.05, 0.1) is 46.4 Å². The van der Waals surface area contributed by atoms with Crippen molar-refractivity contribution in [1.82, 2.24) is 15.0 Å². The molecular formula is C21H20FN7OS. The Hall–Kier alpha value is -3.29. The molecule has 2 atom stereocenters. The SMILES string of the molecule is N#Cc1c(N)cccc1N1CCc2nc(-c3cnc(N4CC[C@H](F)C4)cn3)sc2C1O. The molecule has 0 saturated carbocycles. The first-order chi connectivity index (χ1) is 15.0. The highest BCUT2D eigenvalue weighted by atomic mass is 32.1. The molecule has 0 amide bonds. The summed E-state index contributed by atoms with van der Waals surface area (Å²) in [7, 11) is 0. The van der Waals surface area contributed by atoms with E-state index in [0.717, 1.165) is 10.6 Å². The Bertz CT molecular complexity index is 1160. The summed E-state index contributed by atoms with van der Waals surface area (Å²) >= 11 is 1.36. The molecule has 4 heterocycles. The number of nitriles is 1. The second-order valence-electron chi connectivity index (χ2n) is 7.59. The average Bonchev–Trinajstić information content (AvgIpc) is 3.41. The minimum Gasteiger partial charge on any atom is -0.398 e. The zero-order chi connectivity index (χ0) is 21.5. The lowest BCUT2D eigenvalue weighted by Crippen LogP contribution is -2.35. The number of benzene rings is 1. The van der Waals surface area contributed by atoms with Crippen molar-refractivity contribution < 1.29 is 9.50 Å². The number of fused-ring (bicyclic) bond motifs is 1. The van der Waals surface area contributed by atoms with Gasteiger partial charge in [0, 0.05) is 19.5 Å². The highest BCUT2D eigenvalue weighted by Gasteiger charge is 2.31. The molecule has 1 fully saturated rings. The number of halogens is 1. The van der Waals surface area contributed by atoms with Crippen molar-refractivity contribution in [3.63, 3.8) is 0 Å². The van der Waals surface area contributed by atoms with Crippen molar-refractivity contribution in [3.8, 4) is 16.8 Å². The van der Waals surface area contributed by atoms with Crippen molar-refractivity contribution in [2.24, 2.45) is 0 Å². The van der Waals surface area contributed by atoms with E-state index in [9.17, 15) is 14.8 Å². The molecule has 10 heteroatoms. The molecule has 3 N–H and O–H groups in total. The van der Waals surface area contributed by atoms with Gasteiger partial charge < -0.3 is 20.6 Å². The lowest BCUT2D eigenvalue weighted by molar-refractivity contribution is 0.168. The van der Waals surface area contributed by atoms with Gasteiger partial charge in [0.1, 0.15) is 28.8 Å². The van der Waals surface area contributed by atoms with E-state index in [-0.39, 0.29) is 0 Å². The minimum absolute atomic E-state index is 0.344. The molecular weight excluding hydrogens is 417 g/mol. The fourth-order valence-corrected chi connectivity index (χ4v) is 5.11. The van der Waals surface area contributed by atoms with E-state index in [1.807, 2.05) is 4.90 Å². The Kier molecular flexibility index (Phi) is 4.92. The van der Waals surface area contributed by atoms with Crippen LogP contribution in [0.2, 0.25) is 0 Å². The Morgan fingerprint density at radius 3 is 2.84 bits per heavy atom. The number of aliphatic hydroxyl groups excluding tert-OH is 1. The molecule has 2 aliphatic rings. The summed E-state index contributed by atoms with van der Waals surface area (Å²) in [5.41, 5.74) is 8.72. The van der Waals surface area contributed by atoms with Gasteiger partial charge in [-0.15, -0.1) is 11.3 Å². The predicted molar refractivity (Wildman–Crippen MR) is 116 cm³/mol. The van der Waals surface area contributed by atoms with Crippen LogP contribution in [0.15, 0.2) is 30.6 Å². The van der Waals surface area contributed by atoms with Crippen LogP contribution in [0.4, 0.5) is 21.6 Å². The number of nitrogens with zero attached hydrogens (tertiary/aromatic N) is 6. The van der Waals surface area contributed by atoms with E-state index in [2.05, 4.69) is 21.0 Å². The van der Waals surface area contributed by atoms with E-state index in [1.54, 1.807) is 35.5 Å². The van der Waals surface area contributed by atoms with Crippen molar-refractivity contribution in [1.29, 1.82) is 5.26 Å². The van der Waals surface area contributed by atoms with Crippen LogP contribution in [0, 0.1) is 11.3 Å². The van der Waals surface area contributed by atoms with E-state index in [1.165, 1.54) is 11.3 Å². The number of alkyl halides is 1. The van der Waals surface area contributed by atoms with E-state index in [0.29, 0.717) is 65.9 Å². The molecule has 0 bridgehead atoms. The average molecular weight is 438 g/mol. The third-order valence-corrected chi connectivity index (χ3v) is 6.81. The lowest BCUT2D eigenvalue weighted by Gasteiger charge is -2.34. The van der Waals surface area contributed by atoms with Crippen LogP contribution < -0.4 is 15.5 Å². The number of rotatable bonds is 3. The summed E-state index contributed by atoms with van der Waals surface area (Å²) in [5, 5.41) is 21.2. The maximum absolute atomic E-state index is 13.4. The van der Waals surface area contributed by atoms with Crippen LogP contribution in [0.1, 0.15) is 28.8 Å². The van der Waals surface area contributed by atoms with Gasteiger partial charge in [-0.05, 0) is 18.6 Å². The largest absolute Gasteiger partial charge is 0.398 e. The zero-order valence-corrected chi connectivity index (χ0v) is 17.4. The number of thiazole rings is 1. The number of hydrogen-bond donors (Lipinski definition) is 2. The fourth-order valence-electron chi connectivity index (χ4n) is 4.04. The Labute approximate surface area is 182 Å².